The summed E-state index contributed by atoms with van der Waals surface area (Å²) in [6.07, 6.45) is 0.350. The number of anilines is 1. The molecule has 0 fully saturated rings. The molecule has 190 valence electrons. The maximum atomic E-state index is 13.3. The number of likely N-dealkylation sites (N-methyl/N-ethyl adjacent to an activating group) is 1. The first kappa shape index (κ1) is 26.3. The molecule has 36 heavy (non-hydrogen) atoms. The van der Waals surface area contributed by atoms with E-state index in [0.29, 0.717) is 33.2 Å². The van der Waals surface area contributed by atoms with Crippen molar-refractivity contribution in [2.24, 2.45) is 0 Å². The second-order valence-corrected chi connectivity index (χ2v) is 11.3. The lowest BCUT2D eigenvalue weighted by Gasteiger charge is -2.29. The summed E-state index contributed by atoms with van der Waals surface area (Å²) < 4.78 is 27.8. The van der Waals surface area contributed by atoms with Gasteiger partial charge in [-0.2, -0.15) is 0 Å². The molecule has 1 aliphatic heterocycles. The molecule has 10 heteroatoms. The maximum Gasteiger partial charge on any atom is 0.265 e. The number of nitrogens with zero attached hydrogens (tertiary/aromatic N) is 2. The van der Waals surface area contributed by atoms with Gasteiger partial charge in [0.25, 0.3) is 10.0 Å². The number of nitrogens with one attached hydrogen (secondary N) is 1. The lowest BCUT2D eigenvalue weighted by Crippen LogP contribution is -2.47. The zero-order valence-corrected chi connectivity index (χ0v) is 22.3. The molecular weight excluding hydrogens is 521 g/mol. The van der Waals surface area contributed by atoms with Crippen molar-refractivity contribution in [2.75, 3.05) is 17.4 Å². The molecule has 2 amide bonds. The third-order valence-corrected chi connectivity index (χ3v) is 8.75. The Morgan fingerprint density at radius 2 is 1.81 bits per heavy atom. The molecule has 3 aromatic rings. The molecule has 1 heterocycles. The summed E-state index contributed by atoms with van der Waals surface area (Å²) in [6.45, 7) is 4.18. The number of amides is 2. The smallest absolute Gasteiger partial charge is 0.265 e. The van der Waals surface area contributed by atoms with Crippen molar-refractivity contribution in [3.63, 3.8) is 0 Å². The number of hydrogen-bond acceptors (Lipinski definition) is 4. The summed E-state index contributed by atoms with van der Waals surface area (Å²) in [5.41, 5.74) is 1.28. The molecule has 0 radical (unpaired) electrons. The van der Waals surface area contributed by atoms with Gasteiger partial charge >= 0.3 is 0 Å². The van der Waals surface area contributed by atoms with Gasteiger partial charge in [-0.3, -0.25) is 13.9 Å². The zero-order chi connectivity index (χ0) is 26.0. The van der Waals surface area contributed by atoms with E-state index in [1.54, 1.807) is 43.3 Å². The minimum Gasteiger partial charge on any atom is -0.355 e. The standard InChI is InChI=1S/C26H27Cl2N3O4S/c1-3-29-26(33)17(2)30(16-19-12-13-20(27)15-21(19)28)24(32)11-6-14-31-22-9-4-7-18-8-5-10-23(25(18)22)36(31,34)35/h4-5,7-10,12-13,15,17H,3,6,11,14,16H2,1-2H3,(H,29,33)/t17-/m0/s1. The van der Waals surface area contributed by atoms with Crippen LogP contribution in [0.25, 0.3) is 10.8 Å². The first-order valence-corrected chi connectivity index (χ1v) is 13.9. The number of hydrogen-bond donors (Lipinski definition) is 1. The summed E-state index contributed by atoms with van der Waals surface area (Å²) in [6, 6.07) is 15.0. The van der Waals surface area contributed by atoms with E-state index >= 15 is 0 Å². The lowest BCUT2D eigenvalue weighted by atomic mass is 10.1. The molecule has 0 bridgehead atoms. The molecule has 0 aromatic heterocycles. The summed E-state index contributed by atoms with van der Waals surface area (Å²) in [7, 11) is -3.70. The molecule has 1 N–H and O–H groups in total. The molecule has 0 unspecified atom stereocenters. The normalized spacial score (nSPS) is 14.6. The molecule has 1 atom stereocenters. The highest BCUT2D eigenvalue weighted by Crippen LogP contribution is 2.42. The predicted molar refractivity (Wildman–Crippen MR) is 143 cm³/mol. The van der Waals surface area contributed by atoms with E-state index in [9.17, 15) is 18.0 Å². The van der Waals surface area contributed by atoms with Crippen LogP contribution in [-0.4, -0.2) is 44.3 Å². The van der Waals surface area contributed by atoms with Crippen LogP contribution < -0.4 is 9.62 Å². The third kappa shape index (κ3) is 5.03. The van der Waals surface area contributed by atoms with Crippen molar-refractivity contribution in [2.45, 2.75) is 44.2 Å². The molecule has 0 aliphatic carbocycles. The fraction of sp³-hybridized carbons (Fsp3) is 0.308. The van der Waals surface area contributed by atoms with Gasteiger partial charge < -0.3 is 10.2 Å². The van der Waals surface area contributed by atoms with Gasteiger partial charge in [-0.05, 0) is 55.5 Å². The molecule has 0 spiro atoms. The Morgan fingerprint density at radius 1 is 1.08 bits per heavy atom. The first-order chi connectivity index (χ1) is 17.1. The van der Waals surface area contributed by atoms with Crippen LogP contribution >= 0.6 is 23.2 Å². The van der Waals surface area contributed by atoms with E-state index < -0.39 is 16.1 Å². The molecular formula is C26H27Cl2N3O4S. The Bertz CT molecular complexity index is 1420. The quantitative estimate of drug-likeness (QED) is 0.408. The average Bonchev–Trinajstić information content (AvgIpc) is 3.06. The Morgan fingerprint density at radius 3 is 2.50 bits per heavy atom. The van der Waals surface area contributed by atoms with Crippen molar-refractivity contribution < 1.29 is 18.0 Å². The molecule has 0 saturated heterocycles. The van der Waals surface area contributed by atoms with Gasteiger partial charge in [0.1, 0.15) is 6.04 Å². The van der Waals surface area contributed by atoms with E-state index in [1.807, 2.05) is 25.1 Å². The summed E-state index contributed by atoms with van der Waals surface area (Å²) >= 11 is 12.3. The summed E-state index contributed by atoms with van der Waals surface area (Å²) in [5.74, 6) is -0.549. The van der Waals surface area contributed by atoms with Gasteiger partial charge in [0.15, 0.2) is 0 Å². The Labute approximate surface area is 221 Å². The van der Waals surface area contributed by atoms with E-state index in [4.69, 9.17) is 23.2 Å². The number of rotatable bonds is 9. The van der Waals surface area contributed by atoms with Crippen molar-refractivity contribution in [1.82, 2.24) is 10.2 Å². The molecule has 0 saturated carbocycles. The third-order valence-electron chi connectivity index (χ3n) is 6.31. The number of benzene rings is 3. The van der Waals surface area contributed by atoms with Crippen LogP contribution in [0.5, 0.6) is 0 Å². The molecule has 4 rings (SSSR count). The molecule has 3 aromatic carbocycles. The number of carbonyl (C=O) groups excluding carboxylic acids is 2. The predicted octanol–water partition coefficient (Wildman–Crippen LogP) is 4.99. The van der Waals surface area contributed by atoms with Gasteiger partial charge in [0.2, 0.25) is 11.8 Å². The van der Waals surface area contributed by atoms with Crippen LogP contribution in [0.3, 0.4) is 0 Å². The van der Waals surface area contributed by atoms with Crippen molar-refractivity contribution >= 4 is 61.5 Å². The van der Waals surface area contributed by atoms with Gasteiger partial charge in [-0.15, -0.1) is 0 Å². The minimum atomic E-state index is -3.70. The number of carbonyl (C=O) groups is 2. The van der Waals surface area contributed by atoms with E-state index in [1.165, 1.54) is 9.21 Å². The second-order valence-electron chi connectivity index (χ2n) is 8.64. The largest absolute Gasteiger partial charge is 0.355 e. The van der Waals surface area contributed by atoms with Crippen LogP contribution in [0, 0.1) is 0 Å². The van der Waals surface area contributed by atoms with Crippen LogP contribution in [-0.2, 0) is 26.2 Å². The first-order valence-electron chi connectivity index (χ1n) is 11.7. The van der Waals surface area contributed by atoms with E-state index in [-0.39, 0.29) is 42.6 Å². The second kappa shape index (κ2) is 10.7. The minimum absolute atomic E-state index is 0.0628. The topological polar surface area (TPSA) is 86.8 Å². The Hall–Kier alpha value is -2.81. The van der Waals surface area contributed by atoms with Gasteiger partial charge in [-0.25, -0.2) is 8.42 Å². The fourth-order valence-corrected chi connectivity index (χ4v) is 6.67. The van der Waals surface area contributed by atoms with Gasteiger partial charge in [0.05, 0.1) is 10.6 Å². The zero-order valence-electron chi connectivity index (χ0n) is 20.0. The Balaban J connectivity index is 1.51. The van der Waals surface area contributed by atoms with Crippen molar-refractivity contribution in [3.05, 3.63) is 70.2 Å². The summed E-state index contributed by atoms with van der Waals surface area (Å²) in [4.78, 5) is 27.6. The van der Waals surface area contributed by atoms with Gasteiger partial charge in [0, 0.05) is 41.5 Å². The number of sulfonamides is 1. The average molecular weight is 548 g/mol. The van der Waals surface area contributed by atoms with Crippen LogP contribution in [0.4, 0.5) is 5.69 Å². The highest BCUT2D eigenvalue weighted by atomic mass is 35.5. The van der Waals surface area contributed by atoms with Crippen molar-refractivity contribution in [1.29, 1.82) is 0 Å². The lowest BCUT2D eigenvalue weighted by molar-refractivity contribution is -0.140. The fourth-order valence-electron chi connectivity index (χ4n) is 4.45. The van der Waals surface area contributed by atoms with E-state index in [0.717, 1.165) is 5.39 Å². The monoisotopic (exact) mass is 547 g/mol. The Kier molecular flexibility index (Phi) is 7.78. The SMILES string of the molecule is CCNC(=O)[C@H](C)N(Cc1ccc(Cl)cc1Cl)C(=O)CCCN1c2cccc3cccc(c23)S1(=O)=O. The highest BCUT2D eigenvalue weighted by Gasteiger charge is 2.35. The van der Waals surface area contributed by atoms with Crippen molar-refractivity contribution in [3.8, 4) is 0 Å². The van der Waals surface area contributed by atoms with E-state index in [2.05, 4.69) is 5.32 Å². The van der Waals surface area contributed by atoms with Crippen LogP contribution in [0.15, 0.2) is 59.5 Å². The number of halogens is 2. The maximum absolute atomic E-state index is 13.3. The summed E-state index contributed by atoms with van der Waals surface area (Å²) in [5, 5.41) is 5.18. The molecule has 1 aliphatic rings. The van der Waals surface area contributed by atoms with Crippen LogP contribution in [0.2, 0.25) is 10.0 Å². The highest BCUT2D eigenvalue weighted by molar-refractivity contribution is 7.93. The van der Waals surface area contributed by atoms with Gasteiger partial charge in [-0.1, -0.05) is 53.5 Å². The van der Waals surface area contributed by atoms with Crippen LogP contribution in [0.1, 0.15) is 32.3 Å². The molecule has 7 nitrogen and oxygen atoms in total.